The molecule has 0 amide bonds. The molecule has 0 heterocycles. The van der Waals surface area contributed by atoms with Crippen LogP contribution in [0, 0.1) is 0 Å². The van der Waals surface area contributed by atoms with Gasteiger partial charge >= 0.3 is 0 Å². The first kappa shape index (κ1) is 15.0. The molecular weight excluding hydrogens is 302 g/mol. The highest BCUT2D eigenvalue weighted by atomic mass is 32.2. The van der Waals surface area contributed by atoms with Crippen molar-refractivity contribution in [2.45, 2.75) is 0 Å². The molecule has 104 valence electrons. The number of carbonyl (C=O) groups is 2. The molecule has 0 aromatic carbocycles. The standard InChI is InChI=1S/C14H10F2O2S2/c1-19-11-5-7(3-9(15)13(11)17)8-4-10(16)14(18)12(6-8)20-2/h3-6H,1-2H3/b8-7+. The van der Waals surface area contributed by atoms with Gasteiger partial charge in [-0.15, -0.1) is 23.5 Å². The van der Waals surface area contributed by atoms with E-state index in [0.29, 0.717) is 11.1 Å². The van der Waals surface area contributed by atoms with Gasteiger partial charge in [-0.3, -0.25) is 9.59 Å². The second-order valence-electron chi connectivity index (χ2n) is 3.98. The SMILES string of the molecule is CSC1=C/C(=C2\C=C(F)C(=O)C(SC)=C2)C=C(F)C1=O. The maximum atomic E-state index is 13.6. The molecule has 0 radical (unpaired) electrons. The molecule has 2 rings (SSSR count). The molecule has 2 aliphatic rings. The highest BCUT2D eigenvalue weighted by Crippen LogP contribution is 2.32. The van der Waals surface area contributed by atoms with Crippen molar-refractivity contribution in [3.05, 3.63) is 56.9 Å². The van der Waals surface area contributed by atoms with E-state index in [4.69, 9.17) is 0 Å². The van der Waals surface area contributed by atoms with Crippen molar-refractivity contribution in [2.24, 2.45) is 0 Å². The first-order valence-electron chi connectivity index (χ1n) is 5.57. The Morgan fingerprint density at radius 1 is 0.750 bits per heavy atom. The van der Waals surface area contributed by atoms with Gasteiger partial charge in [-0.2, -0.15) is 0 Å². The summed E-state index contributed by atoms with van der Waals surface area (Å²) in [7, 11) is 0. The van der Waals surface area contributed by atoms with Crippen LogP contribution in [0.3, 0.4) is 0 Å². The number of ketones is 2. The second kappa shape index (κ2) is 5.93. The summed E-state index contributed by atoms with van der Waals surface area (Å²) in [4.78, 5) is 23.5. The molecule has 2 aliphatic carbocycles. The summed E-state index contributed by atoms with van der Waals surface area (Å²) in [6.07, 6.45) is 8.44. The van der Waals surface area contributed by atoms with Gasteiger partial charge in [0, 0.05) is 0 Å². The van der Waals surface area contributed by atoms with Gasteiger partial charge in [0.05, 0.1) is 9.81 Å². The van der Waals surface area contributed by atoms with Crippen molar-refractivity contribution < 1.29 is 18.4 Å². The Labute approximate surface area is 123 Å². The summed E-state index contributed by atoms with van der Waals surface area (Å²) < 4.78 is 27.2. The number of rotatable bonds is 2. The third-order valence-electron chi connectivity index (χ3n) is 2.79. The van der Waals surface area contributed by atoms with Crippen LogP contribution in [0.25, 0.3) is 0 Å². The van der Waals surface area contributed by atoms with Crippen molar-refractivity contribution in [3.8, 4) is 0 Å². The fraction of sp³-hybridized carbons (Fsp3) is 0.143. The van der Waals surface area contributed by atoms with Crippen LogP contribution in [0.2, 0.25) is 0 Å². The van der Waals surface area contributed by atoms with E-state index in [1.54, 1.807) is 12.5 Å². The summed E-state index contributed by atoms with van der Waals surface area (Å²) >= 11 is 2.25. The lowest BCUT2D eigenvalue weighted by Gasteiger charge is -2.14. The summed E-state index contributed by atoms with van der Waals surface area (Å²) in [5, 5.41) is 0. The van der Waals surface area contributed by atoms with Gasteiger partial charge in [0.15, 0.2) is 11.7 Å². The molecule has 6 heteroatoms. The highest BCUT2D eigenvalue weighted by Gasteiger charge is 2.24. The predicted molar refractivity (Wildman–Crippen MR) is 78.6 cm³/mol. The van der Waals surface area contributed by atoms with Crippen LogP contribution in [0.4, 0.5) is 8.78 Å². The first-order valence-corrected chi connectivity index (χ1v) is 8.02. The minimum atomic E-state index is -0.885. The van der Waals surface area contributed by atoms with E-state index in [0.717, 1.165) is 35.7 Å². The molecule has 0 unspecified atom stereocenters. The van der Waals surface area contributed by atoms with E-state index in [1.165, 1.54) is 12.2 Å². The summed E-state index contributed by atoms with van der Waals surface area (Å²) in [5.74, 6) is -3.12. The lowest BCUT2D eigenvalue weighted by atomic mass is 9.97. The molecule has 0 N–H and O–H groups in total. The molecule has 0 aromatic rings. The fourth-order valence-electron chi connectivity index (χ4n) is 1.77. The Balaban J connectivity index is 2.58. The van der Waals surface area contributed by atoms with Crippen LogP contribution in [0.15, 0.2) is 56.9 Å². The van der Waals surface area contributed by atoms with Crippen LogP contribution in [-0.4, -0.2) is 24.1 Å². The number of hydrogen-bond acceptors (Lipinski definition) is 4. The van der Waals surface area contributed by atoms with E-state index < -0.39 is 23.2 Å². The Kier molecular flexibility index (Phi) is 4.45. The third-order valence-corrected chi connectivity index (χ3v) is 4.28. The average Bonchev–Trinajstić information content (AvgIpc) is 2.44. The van der Waals surface area contributed by atoms with Crippen LogP contribution < -0.4 is 0 Å². The molecule has 0 bridgehead atoms. The van der Waals surface area contributed by atoms with Gasteiger partial charge in [-0.05, 0) is 48.0 Å². The van der Waals surface area contributed by atoms with Crippen LogP contribution in [-0.2, 0) is 9.59 Å². The smallest absolute Gasteiger partial charge is 0.227 e. The van der Waals surface area contributed by atoms with Gasteiger partial charge in [0.1, 0.15) is 0 Å². The van der Waals surface area contributed by atoms with E-state index in [-0.39, 0.29) is 9.81 Å². The monoisotopic (exact) mass is 312 g/mol. The minimum absolute atomic E-state index is 0.248. The van der Waals surface area contributed by atoms with Crippen molar-refractivity contribution in [1.29, 1.82) is 0 Å². The zero-order chi connectivity index (χ0) is 14.9. The van der Waals surface area contributed by atoms with Gasteiger partial charge in [-0.25, -0.2) is 8.78 Å². The summed E-state index contributed by atoms with van der Waals surface area (Å²) in [6.45, 7) is 0. The number of halogens is 2. The fourth-order valence-corrected chi connectivity index (χ4v) is 2.83. The lowest BCUT2D eigenvalue weighted by Crippen LogP contribution is -2.09. The maximum absolute atomic E-state index is 13.6. The molecule has 20 heavy (non-hydrogen) atoms. The van der Waals surface area contributed by atoms with Gasteiger partial charge in [0.2, 0.25) is 11.6 Å². The van der Waals surface area contributed by atoms with Gasteiger partial charge < -0.3 is 0 Å². The largest absolute Gasteiger partial charge is 0.285 e. The molecule has 0 atom stereocenters. The normalized spacial score (nSPS) is 23.2. The van der Waals surface area contributed by atoms with E-state index in [9.17, 15) is 18.4 Å². The predicted octanol–water partition coefficient (Wildman–Crippen LogP) is 3.65. The quantitative estimate of drug-likeness (QED) is 0.779. The Morgan fingerprint density at radius 2 is 1.10 bits per heavy atom. The Hall–Kier alpha value is -1.40. The summed E-state index contributed by atoms with van der Waals surface area (Å²) in [6, 6.07) is 0. The minimum Gasteiger partial charge on any atom is -0.285 e. The van der Waals surface area contributed by atoms with E-state index >= 15 is 0 Å². The van der Waals surface area contributed by atoms with Crippen LogP contribution in [0.5, 0.6) is 0 Å². The summed E-state index contributed by atoms with van der Waals surface area (Å²) in [5.41, 5.74) is 0.751. The highest BCUT2D eigenvalue weighted by molar-refractivity contribution is 8.03. The van der Waals surface area contributed by atoms with Crippen molar-refractivity contribution in [1.82, 2.24) is 0 Å². The zero-order valence-electron chi connectivity index (χ0n) is 10.7. The van der Waals surface area contributed by atoms with Crippen molar-refractivity contribution in [3.63, 3.8) is 0 Å². The molecule has 0 aliphatic heterocycles. The number of Topliss-reactive ketones (excluding diaryl/α,β-unsaturated/α-hetero) is 2. The average molecular weight is 312 g/mol. The molecule has 0 fully saturated rings. The first-order chi connectivity index (χ1) is 9.47. The zero-order valence-corrected chi connectivity index (χ0v) is 12.3. The van der Waals surface area contributed by atoms with Crippen molar-refractivity contribution >= 4 is 35.1 Å². The molecule has 2 nitrogen and oxygen atoms in total. The van der Waals surface area contributed by atoms with Crippen LogP contribution in [0.1, 0.15) is 0 Å². The molecule has 0 saturated carbocycles. The Bertz CT molecular complexity index is 596. The van der Waals surface area contributed by atoms with Crippen LogP contribution >= 0.6 is 23.5 Å². The molecular formula is C14H10F2O2S2. The molecule has 0 saturated heterocycles. The van der Waals surface area contributed by atoms with Gasteiger partial charge in [0.25, 0.3) is 0 Å². The number of hydrogen-bond donors (Lipinski definition) is 0. The molecule has 0 aromatic heterocycles. The topological polar surface area (TPSA) is 34.1 Å². The van der Waals surface area contributed by atoms with E-state index in [1.807, 2.05) is 0 Å². The van der Waals surface area contributed by atoms with E-state index in [2.05, 4.69) is 0 Å². The van der Waals surface area contributed by atoms with Crippen molar-refractivity contribution in [2.75, 3.05) is 12.5 Å². The second-order valence-corrected chi connectivity index (χ2v) is 5.68. The number of carbonyl (C=O) groups excluding carboxylic acids is 2. The molecule has 0 spiro atoms. The number of allylic oxidation sites excluding steroid dienone is 10. The third kappa shape index (κ3) is 2.71. The van der Waals surface area contributed by atoms with Gasteiger partial charge in [-0.1, -0.05) is 0 Å². The maximum Gasteiger partial charge on any atom is 0.227 e. The Morgan fingerprint density at radius 3 is 1.40 bits per heavy atom. The number of thioether (sulfide) groups is 2. The lowest BCUT2D eigenvalue weighted by molar-refractivity contribution is -0.113.